The van der Waals surface area contributed by atoms with E-state index in [0.717, 1.165) is 35.7 Å². The van der Waals surface area contributed by atoms with Gasteiger partial charge in [-0.1, -0.05) is 12.1 Å². The Labute approximate surface area is 222 Å². The zero-order chi connectivity index (χ0) is 26.5. The quantitative estimate of drug-likeness (QED) is 0.319. The van der Waals surface area contributed by atoms with Crippen LogP contribution in [0.5, 0.6) is 11.8 Å². The molecular formula is C27H24N4O6S. The summed E-state index contributed by atoms with van der Waals surface area (Å²) in [6.07, 6.45) is 1.45. The first kappa shape index (κ1) is 25.3. The minimum absolute atomic E-state index is 0.0418. The van der Waals surface area contributed by atoms with Crippen LogP contribution in [0.25, 0.3) is 22.7 Å². The van der Waals surface area contributed by atoms with E-state index in [9.17, 15) is 15.2 Å². The topological polar surface area (TPSA) is 131 Å². The molecule has 1 aliphatic rings. The van der Waals surface area contributed by atoms with E-state index in [4.69, 9.17) is 18.6 Å². The van der Waals surface area contributed by atoms with Crippen molar-refractivity contribution in [2.24, 2.45) is 0 Å². The van der Waals surface area contributed by atoms with Gasteiger partial charge in [0, 0.05) is 29.9 Å². The van der Waals surface area contributed by atoms with Gasteiger partial charge in [-0.25, -0.2) is 14.8 Å². The lowest BCUT2D eigenvalue weighted by molar-refractivity contribution is 0.0702. The number of hydrogen-bond donors (Lipinski definition) is 1. The zero-order valence-electron chi connectivity index (χ0n) is 20.5. The Bertz CT molecular complexity index is 1470. The van der Waals surface area contributed by atoms with Crippen LogP contribution in [0, 0.1) is 11.3 Å². The molecule has 3 aromatic heterocycles. The van der Waals surface area contributed by atoms with E-state index in [1.54, 1.807) is 11.4 Å². The van der Waals surface area contributed by atoms with Crippen LogP contribution in [0.2, 0.25) is 0 Å². The standard InChI is InChI=1S/C27H24N4O6S/c1-2-35-24-14-29-25(37-24)20-12-22(18-3-5-19(6-4-18)31-7-9-34-10-8-31)30-26(21(20)13-28)36-15-17-11-23(27(32)33)38-16-17/h3-6,11-12,14,16H,2,7-10,15H2,1H3,(H,32,33). The second-order valence-electron chi connectivity index (χ2n) is 8.32. The number of carboxylic acid groups (broad SMARTS) is 1. The van der Waals surface area contributed by atoms with Crippen LogP contribution >= 0.6 is 11.3 Å². The predicted octanol–water partition coefficient (Wildman–Crippen LogP) is 4.85. The molecule has 0 bridgehead atoms. The molecule has 0 radical (unpaired) electrons. The van der Waals surface area contributed by atoms with Crippen molar-refractivity contribution in [2.45, 2.75) is 13.5 Å². The largest absolute Gasteiger partial charge is 0.477 e. The summed E-state index contributed by atoms with van der Waals surface area (Å²) >= 11 is 1.11. The van der Waals surface area contributed by atoms with Gasteiger partial charge in [0.1, 0.15) is 29.3 Å². The molecule has 1 N–H and O–H groups in total. The number of hydrogen-bond acceptors (Lipinski definition) is 10. The Hall–Kier alpha value is -4.40. The second-order valence-corrected chi connectivity index (χ2v) is 9.24. The third-order valence-corrected chi connectivity index (χ3v) is 6.85. The van der Waals surface area contributed by atoms with Crippen molar-refractivity contribution in [1.82, 2.24) is 9.97 Å². The molecule has 0 spiro atoms. The fourth-order valence-corrected chi connectivity index (χ4v) is 4.76. The van der Waals surface area contributed by atoms with Gasteiger partial charge in [-0.2, -0.15) is 5.26 Å². The first-order valence-corrected chi connectivity index (χ1v) is 12.8. The maximum atomic E-state index is 11.2. The summed E-state index contributed by atoms with van der Waals surface area (Å²) < 4.78 is 22.6. The smallest absolute Gasteiger partial charge is 0.345 e. The first-order valence-electron chi connectivity index (χ1n) is 12.0. The van der Waals surface area contributed by atoms with Crippen LogP contribution < -0.4 is 14.4 Å². The summed E-state index contributed by atoms with van der Waals surface area (Å²) in [4.78, 5) is 22.7. The van der Waals surface area contributed by atoms with Crippen LogP contribution in [0.1, 0.15) is 27.7 Å². The highest BCUT2D eigenvalue weighted by Gasteiger charge is 2.21. The van der Waals surface area contributed by atoms with Gasteiger partial charge in [0.05, 0.1) is 31.1 Å². The van der Waals surface area contributed by atoms with E-state index >= 15 is 0 Å². The number of anilines is 1. The molecule has 11 heteroatoms. The molecule has 1 saturated heterocycles. The van der Waals surface area contributed by atoms with Crippen molar-refractivity contribution in [1.29, 1.82) is 5.26 Å². The third-order valence-electron chi connectivity index (χ3n) is 5.88. The number of ether oxygens (including phenoxy) is 3. The first-order chi connectivity index (χ1) is 18.6. The summed E-state index contributed by atoms with van der Waals surface area (Å²) in [6, 6.07) is 13.4. The van der Waals surface area contributed by atoms with E-state index in [-0.39, 0.29) is 34.8 Å². The molecule has 0 amide bonds. The molecule has 10 nitrogen and oxygen atoms in total. The lowest BCUT2D eigenvalue weighted by Crippen LogP contribution is -2.36. The van der Waals surface area contributed by atoms with Crippen molar-refractivity contribution in [2.75, 3.05) is 37.8 Å². The number of nitriles is 1. The Morgan fingerprint density at radius 1 is 1.21 bits per heavy atom. The van der Waals surface area contributed by atoms with Gasteiger partial charge in [0.15, 0.2) is 0 Å². The Morgan fingerprint density at radius 3 is 2.68 bits per heavy atom. The number of thiophene rings is 1. The summed E-state index contributed by atoms with van der Waals surface area (Å²) in [6.45, 7) is 5.33. The predicted molar refractivity (Wildman–Crippen MR) is 140 cm³/mol. The van der Waals surface area contributed by atoms with Crippen LogP contribution in [0.4, 0.5) is 5.69 Å². The third kappa shape index (κ3) is 5.46. The number of pyridine rings is 1. The number of aromatic carboxylic acids is 1. The monoisotopic (exact) mass is 532 g/mol. The van der Waals surface area contributed by atoms with E-state index in [2.05, 4.69) is 20.9 Å². The number of rotatable bonds is 9. The van der Waals surface area contributed by atoms with Crippen LogP contribution in [0.15, 0.2) is 52.4 Å². The van der Waals surface area contributed by atoms with Crippen molar-refractivity contribution < 1.29 is 28.5 Å². The molecule has 5 rings (SSSR count). The van der Waals surface area contributed by atoms with E-state index in [1.807, 2.05) is 31.2 Å². The molecule has 1 fully saturated rings. The highest BCUT2D eigenvalue weighted by atomic mass is 32.1. The van der Waals surface area contributed by atoms with Crippen LogP contribution in [-0.4, -0.2) is 54.0 Å². The number of carbonyl (C=O) groups is 1. The minimum Gasteiger partial charge on any atom is -0.477 e. The molecule has 0 saturated carbocycles. The molecule has 0 atom stereocenters. The normalized spacial score (nSPS) is 13.2. The minimum atomic E-state index is -1.00. The number of nitrogens with zero attached hydrogens (tertiary/aromatic N) is 4. The van der Waals surface area contributed by atoms with Gasteiger partial charge in [0.2, 0.25) is 11.8 Å². The Kier molecular flexibility index (Phi) is 7.53. The number of carboxylic acids is 1. The molecular weight excluding hydrogens is 508 g/mol. The Balaban J connectivity index is 1.51. The van der Waals surface area contributed by atoms with Crippen molar-refractivity contribution in [3.63, 3.8) is 0 Å². The average molecular weight is 533 g/mol. The van der Waals surface area contributed by atoms with E-state index in [1.165, 1.54) is 12.3 Å². The second kappa shape index (κ2) is 11.3. The lowest BCUT2D eigenvalue weighted by Gasteiger charge is -2.28. The van der Waals surface area contributed by atoms with Gasteiger partial charge in [-0.05, 0) is 36.6 Å². The summed E-state index contributed by atoms with van der Waals surface area (Å²) in [5.74, 6) is -0.471. The average Bonchev–Trinajstić information content (AvgIpc) is 3.62. The fourth-order valence-electron chi connectivity index (χ4n) is 4.02. The molecule has 0 unspecified atom stereocenters. The highest BCUT2D eigenvalue weighted by Crippen LogP contribution is 2.35. The maximum absolute atomic E-state index is 11.2. The van der Waals surface area contributed by atoms with Crippen molar-refractivity contribution in [3.8, 4) is 40.6 Å². The summed E-state index contributed by atoms with van der Waals surface area (Å²) in [7, 11) is 0. The summed E-state index contributed by atoms with van der Waals surface area (Å²) in [5.41, 5.74) is 3.69. The molecule has 194 valence electrons. The zero-order valence-corrected chi connectivity index (χ0v) is 21.4. The van der Waals surface area contributed by atoms with Gasteiger partial charge < -0.3 is 28.6 Å². The highest BCUT2D eigenvalue weighted by molar-refractivity contribution is 7.12. The molecule has 4 heterocycles. The lowest BCUT2D eigenvalue weighted by atomic mass is 10.0. The number of morpholine rings is 1. The SMILES string of the molecule is CCOc1cnc(-c2cc(-c3ccc(N4CCOCC4)cc3)nc(OCc3csc(C(=O)O)c3)c2C#N)o1. The number of benzene rings is 1. The Morgan fingerprint density at radius 2 is 2.00 bits per heavy atom. The molecule has 38 heavy (non-hydrogen) atoms. The van der Waals surface area contributed by atoms with Gasteiger partial charge in [-0.15, -0.1) is 11.3 Å². The van der Waals surface area contributed by atoms with Crippen LogP contribution in [0.3, 0.4) is 0 Å². The molecule has 1 aliphatic heterocycles. The number of aromatic nitrogens is 2. The molecule has 4 aromatic rings. The van der Waals surface area contributed by atoms with Crippen LogP contribution in [-0.2, 0) is 11.3 Å². The van der Waals surface area contributed by atoms with Gasteiger partial charge in [-0.3, -0.25) is 0 Å². The molecule has 1 aromatic carbocycles. The van der Waals surface area contributed by atoms with E-state index < -0.39 is 5.97 Å². The van der Waals surface area contributed by atoms with Crippen molar-refractivity contribution >= 4 is 23.0 Å². The van der Waals surface area contributed by atoms with Gasteiger partial charge >= 0.3 is 11.9 Å². The fraction of sp³-hybridized carbons (Fsp3) is 0.259. The molecule has 0 aliphatic carbocycles. The summed E-state index contributed by atoms with van der Waals surface area (Å²) in [5, 5.41) is 20.9. The van der Waals surface area contributed by atoms with Crippen molar-refractivity contribution in [3.05, 3.63) is 64.0 Å². The van der Waals surface area contributed by atoms with E-state index in [0.29, 0.717) is 36.6 Å². The maximum Gasteiger partial charge on any atom is 0.345 e. The van der Waals surface area contributed by atoms with Gasteiger partial charge in [0.25, 0.3) is 0 Å². The number of oxazole rings is 1.